The highest BCUT2D eigenvalue weighted by molar-refractivity contribution is 6.07. The fraction of sp³-hybridized carbons (Fsp3) is 0.316. The molecule has 0 amide bonds. The first-order chi connectivity index (χ1) is 12.0. The lowest BCUT2D eigenvalue weighted by Gasteiger charge is -2.23. The fourth-order valence-corrected chi connectivity index (χ4v) is 2.89. The summed E-state index contributed by atoms with van der Waals surface area (Å²) in [6, 6.07) is 13.6. The third kappa shape index (κ3) is 3.57. The number of para-hydroxylation sites is 1. The van der Waals surface area contributed by atoms with E-state index >= 15 is 0 Å². The Hall–Kier alpha value is -2.25. The Morgan fingerprint density at radius 3 is 2.44 bits per heavy atom. The highest BCUT2D eigenvalue weighted by atomic mass is 16.4. The summed E-state index contributed by atoms with van der Waals surface area (Å²) in [5, 5.41) is 43.3. The van der Waals surface area contributed by atoms with Crippen LogP contribution in [0.15, 0.2) is 42.5 Å². The monoisotopic (exact) mass is 342 g/mol. The van der Waals surface area contributed by atoms with Crippen molar-refractivity contribution in [1.29, 1.82) is 0 Å². The number of nitrogens with one attached hydrogen (secondary N) is 1. The van der Waals surface area contributed by atoms with Crippen LogP contribution >= 0.6 is 0 Å². The van der Waals surface area contributed by atoms with Crippen LogP contribution < -0.4 is 5.32 Å². The molecule has 6 heteroatoms. The van der Waals surface area contributed by atoms with Crippen LogP contribution in [0.1, 0.15) is 5.56 Å². The third-order valence-electron chi connectivity index (χ3n) is 4.30. The number of aryl methyl sites for hydroxylation is 1. The maximum Gasteiger partial charge on any atom is 0.110 e. The van der Waals surface area contributed by atoms with E-state index in [-0.39, 0.29) is 6.54 Å². The topological polar surface area (TPSA) is 106 Å². The molecule has 3 aromatic rings. The number of hydrogen-bond donors (Lipinski definition) is 5. The van der Waals surface area contributed by atoms with Crippen molar-refractivity contribution in [3.8, 4) is 0 Å². The molecule has 6 nitrogen and oxygen atoms in total. The van der Waals surface area contributed by atoms with Crippen molar-refractivity contribution in [2.75, 3.05) is 18.5 Å². The summed E-state index contributed by atoms with van der Waals surface area (Å²) in [6.45, 7) is 1.41. The van der Waals surface area contributed by atoms with Gasteiger partial charge in [-0.1, -0.05) is 29.8 Å². The van der Waals surface area contributed by atoms with Crippen LogP contribution in [0.5, 0.6) is 0 Å². The Morgan fingerprint density at radius 2 is 1.68 bits per heavy atom. The molecule has 0 aliphatic rings. The van der Waals surface area contributed by atoms with Crippen LogP contribution in [-0.4, -0.2) is 56.9 Å². The molecule has 1 aromatic heterocycles. The van der Waals surface area contributed by atoms with Crippen molar-refractivity contribution in [2.45, 2.75) is 25.2 Å². The second-order valence-corrected chi connectivity index (χ2v) is 6.21. The van der Waals surface area contributed by atoms with Crippen LogP contribution in [0.3, 0.4) is 0 Å². The largest absolute Gasteiger partial charge is 0.394 e. The summed E-state index contributed by atoms with van der Waals surface area (Å²) < 4.78 is 0. The summed E-state index contributed by atoms with van der Waals surface area (Å²) >= 11 is 0. The minimum atomic E-state index is -1.43. The van der Waals surface area contributed by atoms with E-state index in [0.29, 0.717) is 0 Å². The molecule has 25 heavy (non-hydrogen) atoms. The van der Waals surface area contributed by atoms with Crippen molar-refractivity contribution < 1.29 is 20.4 Å². The van der Waals surface area contributed by atoms with E-state index in [1.165, 1.54) is 0 Å². The highest BCUT2D eigenvalue weighted by Crippen LogP contribution is 2.31. The molecule has 3 atom stereocenters. The smallest absolute Gasteiger partial charge is 0.110 e. The number of hydrogen-bond acceptors (Lipinski definition) is 6. The lowest BCUT2D eigenvalue weighted by molar-refractivity contribution is -0.0715. The van der Waals surface area contributed by atoms with E-state index in [1.54, 1.807) is 0 Å². The number of fused-ring (bicyclic) bond motifs is 2. The summed E-state index contributed by atoms with van der Waals surface area (Å²) in [5.41, 5.74) is 3.56. The molecule has 0 spiro atoms. The van der Waals surface area contributed by atoms with Crippen LogP contribution in [0.25, 0.3) is 21.8 Å². The van der Waals surface area contributed by atoms with Gasteiger partial charge in [-0.05, 0) is 25.1 Å². The molecule has 0 saturated carbocycles. The van der Waals surface area contributed by atoms with Gasteiger partial charge in [-0.25, -0.2) is 4.98 Å². The molecule has 0 bridgehead atoms. The van der Waals surface area contributed by atoms with Crippen molar-refractivity contribution in [3.63, 3.8) is 0 Å². The normalized spacial score (nSPS) is 15.2. The maximum absolute atomic E-state index is 10.1. The van der Waals surface area contributed by atoms with E-state index in [1.807, 2.05) is 49.4 Å². The van der Waals surface area contributed by atoms with Gasteiger partial charge in [-0.2, -0.15) is 0 Å². The molecule has 3 rings (SSSR count). The number of pyridine rings is 1. The number of aliphatic hydroxyl groups is 4. The van der Waals surface area contributed by atoms with Crippen LogP contribution in [0.2, 0.25) is 0 Å². The Balaban J connectivity index is 1.99. The van der Waals surface area contributed by atoms with E-state index in [0.717, 1.165) is 33.1 Å². The SMILES string of the molecule is Cc1ccc2nc3ccccc3c(NCC(O)C(O)C(O)CO)c2c1. The van der Waals surface area contributed by atoms with Gasteiger partial charge >= 0.3 is 0 Å². The Morgan fingerprint density at radius 1 is 0.960 bits per heavy atom. The van der Waals surface area contributed by atoms with Gasteiger partial charge in [0.1, 0.15) is 12.2 Å². The quantitative estimate of drug-likeness (QED) is 0.431. The molecule has 132 valence electrons. The lowest BCUT2D eigenvalue weighted by Crippen LogP contribution is -2.42. The first-order valence-corrected chi connectivity index (χ1v) is 8.19. The highest BCUT2D eigenvalue weighted by Gasteiger charge is 2.24. The van der Waals surface area contributed by atoms with Crippen molar-refractivity contribution in [2.24, 2.45) is 0 Å². The zero-order valence-corrected chi connectivity index (χ0v) is 13.9. The molecule has 1 heterocycles. The lowest BCUT2D eigenvalue weighted by atomic mass is 10.0. The molecule has 0 radical (unpaired) electrons. The number of rotatable bonds is 6. The van der Waals surface area contributed by atoms with Gasteiger partial charge in [0, 0.05) is 17.3 Å². The van der Waals surface area contributed by atoms with Gasteiger partial charge in [-0.3, -0.25) is 0 Å². The van der Waals surface area contributed by atoms with E-state index in [9.17, 15) is 15.3 Å². The standard InChI is InChI=1S/C19H22N2O4/c1-11-6-7-15-13(8-11)18(12-4-2-3-5-14(12)21-15)20-9-16(23)19(25)17(24)10-22/h2-8,16-17,19,22-25H,9-10H2,1H3,(H,20,21). The van der Waals surface area contributed by atoms with Gasteiger partial charge < -0.3 is 25.7 Å². The van der Waals surface area contributed by atoms with Gasteiger partial charge in [-0.15, -0.1) is 0 Å². The average molecular weight is 342 g/mol. The Labute approximate surface area is 145 Å². The second-order valence-electron chi connectivity index (χ2n) is 6.21. The molecule has 3 unspecified atom stereocenters. The molecular weight excluding hydrogens is 320 g/mol. The zero-order chi connectivity index (χ0) is 18.0. The number of aliphatic hydroxyl groups excluding tert-OH is 4. The maximum atomic E-state index is 10.1. The predicted octanol–water partition coefficient (Wildman–Crippen LogP) is 1.18. The number of benzene rings is 2. The molecular formula is C19H22N2O4. The number of anilines is 1. The van der Waals surface area contributed by atoms with E-state index in [2.05, 4.69) is 10.3 Å². The first kappa shape index (κ1) is 17.6. The molecule has 2 aromatic carbocycles. The van der Waals surface area contributed by atoms with Gasteiger partial charge in [0.15, 0.2) is 0 Å². The Bertz CT molecular complexity index is 884. The van der Waals surface area contributed by atoms with Crippen LogP contribution in [-0.2, 0) is 0 Å². The number of nitrogens with zero attached hydrogens (tertiary/aromatic N) is 1. The predicted molar refractivity (Wildman–Crippen MR) is 97.6 cm³/mol. The summed E-state index contributed by atoms with van der Waals surface area (Å²) in [6.07, 6.45) is -4.04. The molecule has 0 fully saturated rings. The van der Waals surface area contributed by atoms with E-state index < -0.39 is 24.9 Å². The Kier molecular flexibility index (Phi) is 5.15. The summed E-state index contributed by atoms with van der Waals surface area (Å²) in [7, 11) is 0. The van der Waals surface area contributed by atoms with Crippen molar-refractivity contribution in [1.82, 2.24) is 4.98 Å². The van der Waals surface area contributed by atoms with E-state index in [4.69, 9.17) is 5.11 Å². The minimum Gasteiger partial charge on any atom is -0.394 e. The minimum absolute atomic E-state index is 0.0231. The molecule has 5 N–H and O–H groups in total. The van der Waals surface area contributed by atoms with Crippen LogP contribution in [0, 0.1) is 6.92 Å². The van der Waals surface area contributed by atoms with Gasteiger partial charge in [0.05, 0.1) is 29.4 Å². The van der Waals surface area contributed by atoms with Crippen LogP contribution in [0.4, 0.5) is 5.69 Å². The molecule has 0 aliphatic carbocycles. The van der Waals surface area contributed by atoms with Crippen molar-refractivity contribution >= 4 is 27.5 Å². The first-order valence-electron chi connectivity index (χ1n) is 8.19. The second kappa shape index (κ2) is 7.33. The number of aromatic nitrogens is 1. The third-order valence-corrected chi connectivity index (χ3v) is 4.30. The summed E-state index contributed by atoms with van der Waals surface area (Å²) in [4.78, 5) is 4.66. The van der Waals surface area contributed by atoms with Gasteiger partial charge in [0.25, 0.3) is 0 Å². The fourth-order valence-electron chi connectivity index (χ4n) is 2.89. The molecule has 0 aliphatic heterocycles. The molecule has 0 saturated heterocycles. The zero-order valence-electron chi connectivity index (χ0n) is 13.9. The summed E-state index contributed by atoms with van der Waals surface area (Å²) in [5.74, 6) is 0. The van der Waals surface area contributed by atoms with Crippen molar-refractivity contribution in [3.05, 3.63) is 48.0 Å². The average Bonchev–Trinajstić information content (AvgIpc) is 2.63. The van der Waals surface area contributed by atoms with Gasteiger partial charge in [0.2, 0.25) is 0 Å².